The van der Waals surface area contributed by atoms with Crippen molar-refractivity contribution in [2.75, 3.05) is 0 Å². The van der Waals surface area contributed by atoms with Crippen LogP contribution in [0.2, 0.25) is 0 Å². The minimum atomic E-state index is -0.125. The van der Waals surface area contributed by atoms with E-state index in [1.165, 1.54) is 11.6 Å². The number of hydrogen-bond acceptors (Lipinski definition) is 2. The smallest absolute Gasteiger partial charge is 0.251 e. The monoisotopic (exact) mass is 262 g/mol. The summed E-state index contributed by atoms with van der Waals surface area (Å²) >= 11 is 0. The van der Waals surface area contributed by atoms with Crippen LogP contribution in [0.25, 0.3) is 22.5 Å². The van der Waals surface area contributed by atoms with Gasteiger partial charge in [0.25, 0.3) is 5.56 Å². The van der Waals surface area contributed by atoms with Crippen LogP contribution in [0.3, 0.4) is 0 Å². The molecule has 1 N–H and O–H groups in total. The van der Waals surface area contributed by atoms with Gasteiger partial charge in [0.15, 0.2) is 0 Å². The third-order valence-electron chi connectivity index (χ3n) is 3.14. The average molecular weight is 262 g/mol. The molecule has 0 saturated carbocycles. The number of aromatic nitrogens is 2. The number of aryl methyl sites for hydroxylation is 1. The van der Waals surface area contributed by atoms with Crippen LogP contribution in [0.4, 0.5) is 0 Å². The predicted molar refractivity (Wildman–Crippen MR) is 80.5 cm³/mol. The summed E-state index contributed by atoms with van der Waals surface area (Å²) in [6, 6.07) is 19.7. The summed E-state index contributed by atoms with van der Waals surface area (Å²) in [6.45, 7) is 1.82. The molecule has 0 atom stereocenters. The van der Waals surface area contributed by atoms with E-state index in [0.717, 1.165) is 16.8 Å². The van der Waals surface area contributed by atoms with Crippen LogP contribution < -0.4 is 5.56 Å². The summed E-state index contributed by atoms with van der Waals surface area (Å²) < 4.78 is 0. The highest BCUT2D eigenvalue weighted by atomic mass is 16.1. The minimum Gasteiger partial charge on any atom is -0.307 e. The molecule has 0 radical (unpaired) electrons. The number of hydrogen-bond donors (Lipinski definition) is 1. The van der Waals surface area contributed by atoms with Gasteiger partial charge in [0.1, 0.15) is 5.82 Å². The largest absolute Gasteiger partial charge is 0.307 e. The number of benzene rings is 2. The van der Waals surface area contributed by atoms with Gasteiger partial charge in [-0.3, -0.25) is 4.79 Å². The number of H-pyrrole nitrogens is 1. The molecular formula is C17H14N2O. The lowest BCUT2D eigenvalue weighted by Crippen LogP contribution is -2.08. The lowest BCUT2D eigenvalue weighted by atomic mass is 10.0. The Kier molecular flexibility index (Phi) is 3.17. The van der Waals surface area contributed by atoms with Gasteiger partial charge >= 0.3 is 0 Å². The molecule has 0 aliphatic heterocycles. The Morgan fingerprint density at radius 3 is 2.10 bits per heavy atom. The van der Waals surface area contributed by atoms with Crippen LogP contribution in [-0.4, -0.2) is 9.97 Å². The fraction of sp³-hybridized carbons (Fsp3) is 0.0588. The van der Waals surface area contributed by atoms with Crippen LogP contribution in [-0.2, 0) is 0 Å². The highest BCUT2D eigenvalue weighted by molar-refractivity contribution is 5.67. The van der Waals surface area contributed by atoms with Crippen LogP contribution in [0.15, 0.2) is 65.5 Å². The quantitative estimate of drug-likeness (QED) is 0.769. The number of rotatable bonds is 2. The molecular weight excluding hydrogens is 248 g/mol. The fourth-order valence-electron chi connectivity index (χ4n) is 2.17. The van der Waals surface area contributed by atoms with E-state index in [9.17, 15) is 4.79 Å². The number of aromatic amines is 1. The van der Waals surface area contributed by atoms with Gasteiger partial charge < -0.3 is 4.98 Å². The Bertz CT molecular complexity index is 774. The lowest BCUT2D eigenvalue weighted by Gasteiger charge is -2.04. The Labute approximate surface area is 117 Å². The highest BCUT2D eigenvalue weighted by Crippen LogP contribution is 2.22. The summed E-state index contributed by atoms with van der Waals surface area (Å²) in [5.41, 5.74) is 3.81. The second kappa shape index (κ2) is 5.13. The molecule has 0 aliphatic carbocycles. The zero-order valence-corrected chi connectivity index (χ0v) is 11.1. The van der Waals surface area contributed by atoms with Crippen LogP contribution in [0, 0.1) is 6.92 Å². The molecule has 3 nitrogen and oxygen atoms in total. The molecule has 3 aromatic rings. The molecule has 0 fully saturated rings. The van der Waals surface area contributed by atoms with Gasteiger partial charge in [-0.1, -0.05) is 54.6 Å². The third kappa shape index (κ3) is 2.52. The zero-order chi connectivity index (χ0) is 13.9. The van der Waals surface area contributed by atoms with Gasteiger partial charge in [-0.05, 0) is 18.1 Å². The third-order valence-corrected chi connectivity index (χ3v) is 3.14. The molecule has 1 aromatic heterocycles. The van der Waals surface area contributed by atoms with E-state index in [0.29, 0.717) is 5.82 Å². The van der Waals surface area contributed by atoms with E-state index in [-0.39, 0.29) is 5.56 Å². The lowest BCUT2D eigenvalue weighted by molar-refractivity contribution is 1.07. The molecule has 3 heteroatoms. The van der Waals surface area contributed by atoms with E-state index in [1.807, 2.05) is 49.4 Å². The number of nitrogens with one attached hydrogen (secondary N) is 1. The zero-order valence-electron chi connectivity index (χ0n) is 11.1. The van der Waals surface area contributed by atoms with E-state index >= 15 is 0 Å². The Morgan fingerprint density at radius 2 is 1.45 bits per heavy atom. The maximum Gasteiger partial charge on any atom is 0.251 e. The van der Waals surface area contributed by atoms with Gasteiger partial charge in [0.2, 0.25) is 0 Å². The molecule has 2 aromatic carbocycles. The van der Waals surface area contributed by atoms with E-state index in [1.54, 1.807) is 0 Å². The van der Waals surface area contributed by atoms with Crippen molar-refractivity contribution < 1.29 is 0 Å². The van der Waals surface area contributed by atoms with E-state index in [4.69, 9.17) is 0 Å². The first kappa shape index (κ1) is 12.4. The summed E-state index contributed by atoms with van der Waals surface area (Å²) in [4.78, 5) is 18.6. The maximum atomic E-state index is 11.5. The molecule has 0 saturated heterocycles. The number of nitrogens with zero attached hydrogens (tertiary/aromatic N) is 1. The van der Waals surface area contributed by atoms with Crippen molar-refractivity contribution in [1.29, 1.82) is 0 Å². The van der Waals surface area contributed by atoms with Crippen LogP contribution in [0.5, 0.6) is 0 Å². The summed E-state index contributed by atoms with van der Waals surface area (Å²) in [5.74, 6) is 0.606. The summed E-state index contributed by atoms with van der Waals surface area (Å²) in [6.07, 6.45) is 0. The second-order valence-corrected chi connectivity index (χ2v) is 4.68. The Morgan fingerprint density at radius 1 is 0.850 bits per heavy atom. The normalized spacial score (nSPS) is 10.4. The fourth-order valence-corrected chi connectivity index (χ4v) is 2.17. The summed E-state index contributed by atoms with van der Waals surface area (Å²) in [5, 5.41) is 0. The molecule has 0 aliphatic rings. The van der Waals surface area contributed by atoms with Gasteiger partial charge in [-0.2, -0.15) is 0 Å². The van der Waals surface area contributed by atoms with Crippen molar-refractivity contribution in [2.45, 2.75) is 6.92 Å². The van der Waals surface area contributed by atoms with E-state index < -0.39 is 0 Å². The summed E-state index contributed by atoms with van der Waals surface area (Å²) in [7, 11) is 0. The highest BCUT2D eigenvalue weighted by Gasteiger charge is 2.03. The Hall–Kier alpha value is -2.68. The second-order valence-electron chi connectivity index (χ2n) is 4.68. The van der Waals surface area contributed by atoms with Crippen molar-refractivity contribution in [1.82, 2.24) is 9.97 Å². The van der Waals surface area contributed by atoms with Crippen molar-refractivity contribution in [2.24, 2.45) is 0 Å². The minimum absolute atomic E-state index is 0.125. The van der Waals surface area contributed by atoms with E-state index in [2.05, 4.69) is 22.1 Å². The van der Waals surface area contributed by atoms with Crippen LogP contribution in [0.1, 0.15) is 5.69 Å². The van der Waals surface area contributed by atoms with Crippen molar-refractivity contribution in [3.05, 3.63) is 76.7 Å². The standard InChI is InChI=1S/C17H14N2O/c1-12-11-16(20)19-17(18-12)15-9-7-14(8-10-15)13-5-3-2-4-6-13/h2-11H,1H3,(H,18,19,20). The SMILES string of the molecule is Cc1cc(=O)[nH]c(-c2ccc(-c3ccccc3)cc2)n1. The molecule has 20 heavy (non-hydrogen) atoms. The molecule has 98 valence electrons. The van der Waals surface area contributed by atoms with Gasteiger partial charge in [0.05, 0.1) is 0 Å². The van der Waals surface area contributed by atoms with Gasteiger partial charge in [-0.15, -0.1) is 0 Å². The topological polar surface area (TPSA) is 45.8 Å². The molecule has 1 heterocycles. The maximum absolute atomic E-state index is 11.5. The molecule has 0 unspecified atom stereocenters. The first-order chi connectivity index (χ1) is 9.72. The first-order valence-corrected chi connectivity index (χ1v) is 6.46. The molecule has 3 rings (SSSR count). The van der Waals surface area contributed by atoms with Crippen LogP contribution >= 0.6 is 0 Å². The van der Waals surface area contributed by atoms with Gasteiger partial charge in [-0.25, -0.2) is 4.98 Å². The average Bonchev–Trinajstić information content (AvgIpc) is 2.47. The van der Waals surface area contributed by atoms with Crippen molar-refractivity contribution >= 4 is 0 Å². The Balaban J connectivity index is 1.99. The van der Waals surface area contributed by atoms with Gasteiger partial charge in [0, 0.05) is 17.3 Å². The predicted octanol–water partition coefficient (Wildman–Crippen LogP) is 3.41. The van der Waals surface area contributed by atoms with Crippen molar-refractivity contribution in [3.8, 4) is 22.5 Å². The molecule has 0 amide bonds. The first-order valence-electron chi connectivity index (χ1n) is 6.46. The molecule has 0 spiro atoms. The van der Waals surface area contributed by atoms with Crippen molar-refractivity contribution in [3.63, 3.8) is 0 Å². The molecule has 0 bridgehead atoms.